The lowest BCUT2D eigenvalue weighted by atomic mass is 10.1. The van der Waals surface area contributed by atoms with Crippen LogP contribution >= 0.6 is 27.5 Å². The fraction of sp³-hybridized carbons (Fsp3) is 0.0714. The molecule has 2 aromatic carbocycles. The predicted octanol–water partition coefficient (Wildman–Crippen LogP) is 4.67. The average molecular weight is 376 g/mol. The van der Waals surface area contributed by atoms with E-state index in [4.69, 9.17) is 11.6 Å². The summed E-state index contributed by atoms with van der Waals surface area (Å²) in [7, 11) is 1.39. The van der Waals surface area contributed by atoms with Gasteiger partial charge in [0.25, 0.3) is 5.91 Å². The van der Waals surface area contributed by atoms with Gasteiger partial charge in [0.2, 0.25) is 0 Å². The van der Waals surface area contributed by atoms with E-state index >= 15 is 0 Å². The first-order valence-corrected chi connectivity index (χ1v) is 7.02. The Balaban J connectivity index is 2.31. The average Bonchev–Trinajstić information content (AvgIpc) is 2.42. The lowest BCUT2D eigenvalue weighted by molar-refractivity contribution is 0.102. The van der Waals surface area contributed by atoms with Crippen molar-refractivity contribution in [1.29, 1.82) is 0 Å². The molecule has 0 saturated carbocycles. The number of nitrogens with one attached hydrogen (secondary N) is 2. The van der Waals surface area contributed by atoms with Crippen LogP contribution in [0.15, 0.2) is 34.8 Å². The second-order valence-electron chi connectivity index (χ2n) is 4.14. The molecule has 2 N–H and O–H groups in total. The largest absolute Gasteiger partial charge is 0.383 e. The van der Waals surface area contributed by atoms with Crippen LogP contribution in [-0.2, 0) is 0 Å². The van der Waals surface area contributed by atoms with Crippen LogP contribution in [-0.4, -0.2) is 13.0 Å². The molecule has 0 aliphatic carbocycles. The van der Waals surface area contributed by atoms with Crippen molar-refractivity contribution in [2.24, 2.45) is 0 Å². The first-order valence-electron chi connectivity index (χ1n) is 5.85. The van der Waals surface area contributed by atoms with Gasteiger partial charge < -0.3 is 10.6 Å². The molecule has 2 aromatic rings. The highest BCUT2D eigenvalue weighted by atomic mass is 79.9. The minimum absolute atomic E-state index is 0.129. The summed E-state index contributed by atoms with van der Waals surface area (Å²) >= 11 is 9.09. The fourth-order valence-corrected chi connectivity index (χ4v) is 2.25. The third-order valence-electron chi connectivity index (χ3n) is 2.73. The Morgan fingerprint density at radius 3 is 2.38 bits per heavy atom. The van der Waals surface area contributed by atoms with Crippen LogP contribution in [0.25, 0.3) is 0 Å². The zero-order chi connectivity index (χ0) is 15.6. The Kier molecular flexibility index (Phi) is 4.80. The molecule has 0 aliphatic heterocycles. The molecule has 1 amide bonds. The quantitative estimate of drug-likeness (QED) is 0.818. The SMILES string of the molecule is CNc1c(F)cc(C(=O)Nc2cc(Cl)ccc2Br)cc1F. The van der Waals surface area contributed by atoms with Gasteiger partial charge in [-0.3, -0.25) is 4.79 Å². The van der Waals surface area contributed by atoms with E-state index < -0.39 is 17.5 Å². The smallest absolute Gasteiger partial charge is 0.255 e. The van der Waals surface area contributed by atoms with Crippen LogP contribution in [0.1, 0.15) is 10.4 Å². The summed E-state index contributed by atoms with van der Waals surface area (Å²) in [6.07, 6.45) is 0. The van der Waals surface area contributed by atoms with E-state index in [0.717, 1.165) is 12.1 Å². The molecule has 7 heteroatoms. The number of rotatable bonds is 3. The van der Waals surface area contributed by atoms with Gasteiger partial charge in [-0.25, -0.2) is 8.78 Å². The molecule has 0 spiro atoms. The zero-order valence-corrected chi connectivity index (χ0v) is 13.1. The Hall–Kier alpha value is -1.66. The summed E-state index contributed by atoms with van der Waals surface area (Å²) in [5.41, 5.74) is -0.00243. The maximum atomic E-state index is 13.6. The summed E-state index contributed by atoms with van der Waals surface area (Å²) in [6.45, 7) is 0. The van der Waals surface area contributed by atoms with E-state index in [9.17, 15) is 13.6 Å². The highest BCUT2D eigenvalue weighted by Gasteiger charge is 2.15. The van der Waals surface area contributed by atoms with E-state index in [-0.39, 0.29) is 11.3 Å². The minimum atomic E-state index is -0.840. The predicted molar refractivity (Wildman–Crippen MR) is 83.0 cm³/mol. The van der Waals surface area contributed by atoms with Gasteiger partial charge in [0.1, 0.15) is 17.3 Å². The first-order chi connectivity index (χ1) is 9.92. The second kappa shape index (κ2) is 6.41. The molecule has 3 nitrogen and oxygen atoms in total. The van der Waals surface area contributed by atoms with Crippen LogP contribution in [0.4, 0.5) is 20.2 Å². The highest BCUT2D eigenvalue weighted by Crippen LogP contribution is 2.27. The van der Waals surface area contributed by atoms with Gasteiger partial charge >= 0.3 is 0 Å². The van der Waals surface area contributed by atoms with Crippen molar-refractivity contribution in [3.8, 4) is 0 Å². The Bertz CT molecular complexity index is 686. The molecule has 0 radical (unpaired) electrons. The molecular formula is C14H10BrClF2N2O. The highest BCUT2D eigenvalue weighted by molar-refractivity contribution is 9.10. The van der Waals surface area contributed by atoms with Crippen LogP contribution in [0.5, 0.6) is 0 Å². The van der Waals surface area contributed by atoms with Crippen molar-refractivity contribution in [3.05, 3.63) is 57.0 Å². The maximum absolute atomic E-state index is 13.6. The number of carbonyl (C=O) groups excluding carboxylic acids is 1. The number of halogens is 4. The van der Waals surface area contributed by atoms with Gasteiger partial charge in [0.05, 0.1) is 5.69 Å². The molecule has 0 bridgehead atoms. The lowest BCUT2D eigenvalue weighted by Crippen LogP contribution is -2.13. The van der Waals surface area contributed by atoms with Crippen molar-refractivity contribution in [2.45, 2.75) is 0 Å². The van der Waals surface area contributed by atoms with Crippen molar-refractivity contribution in [2.75, 3.05) is 17.7 Å². The van der Waals surface area contributed by atoms with Crippen LogP contribution in [0, 0.1) is 11.6 Å². The monoisotopic (exact) mass is 374 g/mol. The van der Waals surface area contributed by atoms with E-state index in [1.165, 1.54) is 13.1 Å². The van der Waals surface area contributed by atoms with E-state index in [1.807, 2.05) is 0 Å². The molecular weight excluding hydrogens is 366 g/mol. The van der Waals surface area contributed by atoms with Crippen molar-refractivity contribution < 1.29 is 13.6 Å². The van der Waals surface area contributed by atoms with E-state index in [2.05, 4.69) is 26.6 Å². The molecule has 0 heterocycles. The molecule has 110 valence electrons. The van der Waals surface area contributed by atoms with Gasteiger partial charge in [-0.2, -0.15) is 0 Å². The number of benzene rings is 2. The second-order valence-corrected chi connectivity index (χ2v) is 5.43. The van der Waals surface area contributed by atoms with Gasteiger partial charge in [-0.15, -0.1) is 0 Å². The van der Waals surface area contributed by atoms with E-state index in [1.54, 1.807) is 12.1 Å². The standard InChI is InChI=1S/C14H10BrClF2N2O/c1-19-13-10(17)4-7(5-11(13)18)14(21)20-12-6-8(16)2-3-9(12)15/h2-6,19H,1H3,(H,20,21). The topological polar surface area (TPSA) is 41.1 Å². The third-order valence-corrected chi connectivity index (χ3v) is 3.66. The summed E-state index contributed by atoms with van der Waals surface area (Å²) in [6, 6.07) is 6.75. The maximum Gasteiger partial charge on any atom is 0.255 e. The molecule has 0 saturated heterocycles. The summed E-state index contributed by atoms with van der Waals surface area (Å²) in [5, 5.41) is 5.35. The number of carbonyl (C=O) groups is 1. The van der Waals surface area contributed by atoms with Crippen LogP contribution in [0.2, 0.25) is 5.02 Å². The van der Waals surface area contributed by atoms with Crippen molar-refractivity contribution in [1.82, 2.24) is 0 Å². The van der Waals surface area contributed by atoms with Gasteiger partial charge in [0, 0.05) is 22.1 Å². The molecule has 2 rings (SSSR count). The minimum Gasteiger partial charge on any atom is -0.383 e. The van der Waals surface area contributed by atoms with Crippen LogP contribution < -0.4 is 10.6 Å². The molecule has 0 unspecified atom stereocenters. The summed E-state index contributed by atoms with van der Waals surface area (Å²) in [5.74, 6) is -2.32. The normalized spacial score (nSPS) is 10.3. The van der Waals surface area contributed by atoms with Crippen molar-refractivity contribution in [3.63, 3.8) is 0 Å². The van der Waals surface area contributed by atoms with Gasteiger partial charge in [-0.05, 0) is 46.3 Å². The fourth-order valence-electron chi connectivity index (χ4n) is 1.73. The Labute approximate surface area is 133 Å². The van der Waals surface area contributed by atoms with Gasteiger partial charge in [-0.1, -0.05) is 11.6 Å². The van der Waals surface area contributed by atoms with Crippen molar-refractivity contribution >= 4 is 44.8 Å². The molecule has 0 aromatic heterocycles. The van der Waals surface area contributed by atoms with E-state index in [0.29, 0.717) is 15.2 Å². The number of anilines is 2. The number of hydrogen-bond donors (Lipinski definition) is 2. The molecule has 0 aliphatic rings. The summed E-state index contributed by atoms with van der Waals surface area (Å²) in [4.78, 5) is 12.1. The molecule has 0 fully saturated rings. The molecule has 21 heavy (non-hydrogen) atoms. The number of amides is 1. The third kappa shape index (κ3) is 3.51. The molecule has 0 atom stereocenters. The Morgan fingerprint density at radius 1 is 1.19 bits per heavy atom. The zero-order valence-electron chi connectivity index (χ0n) is 10.8. The van der Waals surface area contributed by atoms with Crippen LogP contribution in [0.3, 0.4) is 0 Å². The first kappa shape index (κ1) is 15.7. The summed E-state index contributed by atoms with van der Waals surface area (Å²) < 4.78 is 27.9. The number of hydrogen-bond acceptors (Lipinski definition) is 2. The Morgan fingerprint density at radius 2 is 1.81 bits per heavy atom. The lowest BCUT2D eigenvalue weighted by Gasteiger charge is -2.10. The van der Waals surface area contributed by atoms with Gasteiger partial charge in [0.15, 0.2) is 0 Å².